The number of rotatable bonds is 6. The molecule has 6 heterocycles. The van der Waals surface area contributed by atoms with Gasteiger partial charge in [-0.2, -0.15) is 0 Å². The molecule has 0 aliphatic carbocycles. The minimum absolute atomic E-state index is 0.00538. The molecular formula is C31H38N6O5S. The van der Waals surface area contributed by atoms with Crippen LogP contribution in [0.4, 0.5) is 11.4 Å². The third kappa shape index (κ3) is 5.67. The van der Waals surface area contributed by atoms with Crippen molar-refractivity contribution in [2.24, 2.45) is 5.92 Å². The molecule has 4 saturated heterocycles. The molecule has 12 heteroatoms. The molecule has 0 radical (unpaired) electrons. The Hall–Kier alpha value is -3.35. The second-order valence-electron chi connectivity index (χ2n) is 11.8. The van der Waals surface area contributed by atoms with E-state index in [1.807, 2.05) is 34.1 Å². The predicted molar refractivity (Wildman–Crippen MR) is 165 cm³/mol. The van der Waals surface area contributed by atoms with Crippen LogP contribution >= 0.6 is 11.8 Å². The van der Waals surface area contributed by atoms with Crippen LogP contribution in [-0.2, 0) is 19.1 Å². The molecule has 43 heavy (non-hydrogen) atoms. The summed E-state index contributed by atoms with van der Waals surface area (Å²) in [7, 11) is 0. The number of carbonyl (C=O) groups is 2. The number of nitrogens with one attached hydrogen (secondary N) is 1. The van der Waals surface area contributed by atoms with E-state index in [9.17, 15) is 14.4 Å². The van der Waals surface area contributed by atoms with E-state index in [0.717, 1.165) is 56.0 Å². The average Bonchev–Trinajstić information content (AvgIpc) is 3.57. The van der Waals surface area contributed by atoms with Gasteiger partial charge in [0.25, 0.3) is 0 Å². The van der Waals surface area contributed by atoms with Crippen LogP contribution < -0.4 is 15.5 Å². The summed E-state index contributed by atoms with van der Waals surface area (Å²) in [5.74, 6) is 0.343. The molecule has 1 aromatic carbocycles. The number of carbonyl (C=O) groups excluding carboxylic acids is 2. The Labute approximate surface area is 254 Å². The zero-order valence-electron chi connectivity index (χ0n) is 24.2. The van der Waals surface area contributed by atoms with Crippen molar-refractivity contribution >= 4 is 46.1 Å². The smallest absolute Gasteiger partial charge is 0.327 e. The summed E-state index contributed by atoms with van der Waals surface area (Å²) in [5, 5.41) is -0.434. The lowest BCUT2D eigenvalue weighted by Gasteiger charge is -2.33. The first-order valence-corrected chi connectivity index (χ1v) is 16.3. The number of likely N-dealkylation sites (tertiary alicyclic amines) is 1. The third-order valence-electron chi connectivity index (χ3n) is 9.28. The second-order valence-corrected chi connectivity index (χ2v) is 13.1. The third-order valence-corrected chi connectivity index (χ3v) is 10.8. The lowest BCUT2D eigenvalue weighted by Crippen LogP contribution is -2.43. The number of imidazole rings is 1. The molecule has 4 aliphatic rings. The van der Waals surface area contributed by atoms with Gasteiger partial charge in [0.15, 0.2) is 5.65 Å². The van der Waals surface area contributed by atoms with Crippen LogP contribution in [0.1, 0.15) is 38.1 Å². The monoisotopic (exact) mass is 606 g/mol. The van der Waals surface area contributed by atoms with Crippen molar-refractivity contribution < 1.29 is 19.1 Å². The molecule has 11 nitrogen and oxygen atoms in total. The predicted octanol–water partition coefficient (Wildman–Crippen LogP) is 3.02. The highest BCUT2D eigenvalue weighted by Crippen LogP contribution is 2.44. The Kier molecular flexibility index (Phi) is 8.15. The molecule has 2 aromatic heterocycles. The van der Waals surface area contributed by atoms with Crippen LogP contribution in [0, 0.1) is 5.92 Å². The molecule has 2 atom stereocenters. The molecule has 4 aliphatic heterocycles. The van der Waals surface area contributed by atoms with Crippen LogP contribution in [0.5, 0.6) is 0 Å². The van der Waals surface area contributed by atoms with Crippen molar-refractivity contribution in [2.45, 2.75) is 48.8 Å². The summed E-state index contributed by atoms with van der Waals surface area (Å²) in [6.45, 7) is 5.69. The van der Waals surface area contributed by atoms with Gasteiger partial charge >= 0.3 is 5.69 Å². The van der Waals surface area contributed by atoms with Crippen molar-refractivity contribution in [1.29, 1.82) is 0 Å². The second kappa shape index (κ2) is 12.3. The van der Waals surface area contributed by atoms with Gasteiger partial charge in [-0.05, 0) is 68.0 Å². The number of benzene rings is 1. The van der Waals surface area contributed by atoms with Crippen LogP contribution in [0.25, 0.3) is 11.2 Å². The number of thioether (sulfide) groups is 1. The van der Waals surface area contributed by atoms with E-state index in [4.69, 9.17) is 9.47 Å². The maximum absolute atomic E-state index is 14.0. The van der Waals surface area contributed by atoms with Gasteiger partial charge < -0.3 is 19.3 Å². The Morgan fingerprint density at radius 1 is 0.907 bits per heavy atom. The maximum atomic E-state index is 14.0. The molecule has 4 fully saturated rings. The number of H-pyrrole nitrogens is 1. The minimum atomic E-state index is -0.417. The summed E-state index contributed by atoms with van der Waals surface area (Å²) >= 11 is 1.64. The fourth-order valence-corrected chi connectivity index (χ4v) is 8.58. The normalized spacial score (nSPS) is 24.3. The van der Waals surface area contributed by atoms with Crippen molar-refractivity contribution in [3.63, 3.8) is 0 Å². The Morgan fingerprint density at radius 3 is 2.35 bits per heavy atom. The van der Waals surface area contributed by atoms with Crippen molar-refractivity contribution in [2.75, 3.05) is 62.4 Å². The average molecular weight is 607 g/mol. The van der Waals surface area contributed by atoms with Crippen LogP contribution in [0.2, 0.25) is 0 Å². The highest BCUT2D eigenvalue weighted by atomic mass is 32.2. The van der Waals surface area contributed by atoms with Gasteiger partial charge in [0.2, 0.25) is 11.8 Å². The van der Waals surface area contributed by atoms with E-state index in [0.29, 0.717) is 50.7 Å². The van der Waals surface area contributed by atoms with E-state index in [2.05, 4.69) is 27.0 Å². The van der Waals surface area contributed by atoms with Gasteiger partial charge in [-0.25, -0.2) is 9.78 Å². The summed E-state index contributed by atoms with van der Waals surface area (Å²) in [5.41, 5.74) is 3.24. The highest BCUT2D eigenvalue weighted by Gasteiger charge is 2.46. The van der Waals surface area contributed by atoms with E-state index in [1.165, 1.54) is 0 Å². The highest BCUT2D eigenvalue weighted by molar-refractivity contribution is 8.02. The number of piperidine rings is 1. The number of hydrogen-bond acceptors (Lipinski definition) is 8. The van der Waals surface area contributed by atoms with Gasteiger partial charge in [0.05, 0.1) is 29.4 Å². The molecule has 0 bridgehead atoms. The number of anilines is 2. The van der Waals surface area contributed by atoms with Crippen LogP contribution in [0.15, 0.2) is 47.4 Å². The van der Waals surface area contributed by atoms with E-state index in [1.54, 1.807) is 22.5 Å². The minimum Gasteiger partial charge on any atom is -0.381 e. The molecule has 228 valence electrons. The molecule has 0 saturated carbocycles. The van der Waals surface area contributed by atoms with Crippen LogP contribution in [-0.4, -0.2) is 94.5 Å². The number of nitrogens with zero attached hydrogens (tertiary/aromatic N) is 5. The zero-order chi connectivity index (χ0) is 29.3. The van der Waals surface area contributed by atoms with Gasteiger partial charge in [-0.15, -0.1) is 11.8 Å². The lowest BCUT2D eigenvalue weighted by molar-refractivity contribution is -0.133. The van der Waals surface area contributed by atoms with Gasteiger partial charge in [-0.1, -0.05) is 0 Å². The standard InChI is InChI=1S/C31H38N6O5S/c38-27(35-12-7-24(8-13-35)36-25-2-1-11-32-28(25)33-31(36)40)20-26-29(39)37(30(43-26)21-9-16-41-17-10-21)23-5-3-22(4-6-23)34-14-18-42-19-15-34/h1-6,11,21,24,26,30H,7-10,12-20H2,(H,32,33,40). The molecule has 1 N–H and O–H groups in total. The SMILES string of the molecule is O=C(CC1SC(C2CCOCC2)N(c2ccc(N3CCOCC3)cc2)C1=O)N1CCC(n2c(=O)[nH]c3ncccc32)CC1. The van der Waals surface area contributed by atoms with Crippen molar-refractivity contribution in [1.82, 2.24) is 19.4 Å². The molecule has 2 unspecified atom stereocenters. The molecule has 0 spiro atoms. The fourth-order valence-electron chi connectivity index (χ4n) is 6.93. The first-order chi connectivity index (χ1) is 21.1. The number of aromatic nitrogens is 3. The van der Waals surface area contributed by atoms with Gasteiger partial charge in [-0.3, -0.25) is 24.0 Å². The van der Waals surface area contributed by atoms with Gasteiger partial charge in [0, 0.05) is 69.4 Å². The zero-order valence-corrected chi connectivity index (χ0v) is 25.0. The quantitative estimate of drug-likeness (QED) is 0.456. The van der Waals surface area contributed by atoms with E-state index >= 15 is 0 Å². The first kappa shape index (κ1) is 28.4. The largest absolute Gasteiger partial charge is 0.381 e. The fraction of sp³-hybridized carbons (Fsp3) is 0.548. The summed E-state index contributed by atoms with van der Waals surface area (Å²) in [4.78, 5) is 53.4. The number of ether oxygens (including phenoxy) is 2. The van der Waals surface area contributed by atoms with Gasteiger partial charge in [0.1, 0.15) is 0 Å². The maximum Gasteiger partial charge on any atom is 0.327 e. The molecule has 2 amide bonds. The lowest BCUT2D eigenvalue weighted by atomic mass is 9.98. The summed E-state index contributed by atoms with van der Waals surface area (Å²) in [6, 6.07) is 12.0. The number of pyridine rings is 1. The number of morpholine rings is 1. The Balaban J connectivity index is 1.03. The molecule has 7 rings (SSSR count). The molecular weight excluding hydrogens is 568 g/mol. The number of amides is 2. The molecule has 3 aromatic rings. The Bertz CT molecular complexity index is 1500. The Morgan fingerprint density at radius 2 is 1.60 bits per heavy atom. The topological polar surface area (TPSA) is 113 Å². The van der Waals surface area contributed by atoms with Crippen LogP contribution in [0.3, 0.4) is 0 Å². The van der Waals surface area contributed by atoms with Crippen molar-refractivity contribution in [3.05, 3.63) is 53.1 Å². The first-order valence-electron chi connectivity index (χ1n) is 15.4. The summed E-state index contributed by atoms with van der Waals surface area (Å²) < 4.78 is 12.9. The van der Waals surface area contributed by atoms with Crippen molar-refractivity contribution in [3.8, 4) is 0 Å². The number of aromatic amines is 1. The summed E-state index contributed by atoms with van der Waals surface area (Å²) in [6.07, 6.45) is 5.04. The van der Waals surface area contributed by atoms with E-state index in [-0.39, 0.29) is 35.3 Å². The van der Waals surface area contributed by atoms with E-state index < -0.39 is 5.25 Å². The number of fused-ring (bicyclic) bond motifs is 1. The number of hydrogen-bond donors (Lipinski definition) is 1.